The second-order valence-corrected chi connectivity index (χ2v) is 27.1. The van der Waals surface area contributed by atoms with Crippen LogP contribution in [0.3, 0.4) is 0 Å². The third-order valence-corrected chi connectivity index (χ3v) is 18.7. The first-order valence-electron chi connectivity index (χ1n) is 30.6. The molecule has 2 nitrogen and oxygen atoms in total. The van der Waals surface area contributed by atoms with E-state index in [0.29, 0.717) is 0 Å². The second kappa shape index (κ2) is 20.6. The van der Waals surface area contributed by atoms with Crippen LogP contribution in [0.25, 0.3) is 78.9 Å². The van der Waals surface area contributed by atoms with Gasteiger partial charge in [-0.15, -0.1) is 0 Å². The lowest BCUT2D eigenvalue weighted by Crippen LogP contribution is -2.17. The summed E-state index contributed by atoms with van der Waals surface area (Å²) in [6, 6.07) is 90.8. The van der Waals surface area contributed by atoms with Crippen molar-refractivity contribution in [2.24, 2.45) is 0 Å². The monoisotopic (exact) mass is 1110 g/mol. The highest BCUT2D eigenvalue weighted by molar-refractivity contribution is 6.26. The zero-order valence-electron chi connectivity index (χ0n) is 51.3. The van der Waals surface area contributed by atoms with Crippen LogP contribution >= 0.6 is 0 Å². The first-order valence-corrected chi connectivity index (χ1v) is 30.6. The lowest BCUT2D eigenvalue weighted by Gasteiger charge is -2.29. The van der Waals surface area contributed by atoms with Crippen LogP contribution in [0, 0.1) is 0 Å². The minimum Gasteiger partial charge on any atom is -0.310 e. The lowest BCUT2D eigenvalue weighted by atomic mass is 9.81. The average Bonchev–Trinajstić information content (AvgIpc) is 1.54. The van der Waals surface area contributed by atoms with Gasteiger partial charge in [-0.2, -0.15) is 0 Å². The Morgan fingerprint density at radius 3 is 0.895 bits per heavy atom. The third-order valence-electron chi connectivity index (χ3n) is 18.7. The average molecular weight is 1110 g/mol. The normalized spacial score (nSPS) is 14.0. The molecule has 0 radical (unpaired) electrons. The molecule has 0 N–H and O–H groups in total. The maximum Gasteiger partial charge on any atom is 0.0465 e. The van der Waals surface area contributed by atoms with E-state index >= 15 is 0 Å². The van der Waals surface area contributed by atoms with Crippen molar-refractivity contribution in [3.8, 4) is 22.3 Å². The van der Waals surface area contributed by atoms with E-state index in [-0.39, 0.29) is 21.7 Å². The Morgan fingerprint density at radius 1 is 0.256 bits per heavy atom. The Labute approximate surface area is 509 Å². The van der Waals surface area contributed by atoms with Crippen LogP contribution in [0.15, 0.2) is 243 Å². The zero-order chi connectivity index (χ0) is 59.3. The molecule has 0 unspecified atom stereocenters. The quantitative estimate of drug-likeness (QED) is 0.0995. The molecular weight excluding hydrogens is 1040 g/mol. The summed E-state index contributed by atoms with van der Waals surface area (Å²) in [5, 5.41) is 7.61. The predicted octanol–water partition coefficient (Wildman–Crippen LogP) is 23.6. The van der Waals surface area contributed by atoms with E-state index in [9.17, 15) is 0 Å². The van der Waals surface area contributed by atoms with Gasteiger partial charge in [-0.3, -0.25) is 0 Å². The number of fused-ring (bicyclic) bond motifs is 12. The number of nitrogens with zero attached hydrogens (tertiary/aromatic N) is 2. The van der Waals surface area contributed by atoms with Crippen LogP contribution in [0.2, 0.25) is 0 Å². The summed E-state index contributed by atoms with van der Waals surface area (Å²) in [5.74, 6) is 0. The maximum atomic E-state index is 2.42. The van der Waals surface area contributed by atoms with Gasteiger partial charge in [0.15, 0.2) is 0 Å². The molecule has 0 heterocycles. The van der Waals surface area contributed by atoms with Crippen LogP contribution in [0.1, 0.15) is 125 Å². The molecule has 12 aromatic carbocycles. The third kappa shape index (κ3) is 9.53. The fourth-order valence-corrected chi connectivity index (χ4v) is 13.8. The zero-order valence-corrected chi connectivity index (χ0v) is 51.3. The number of benzene rings is 12. The highest BCUT2D eigenvalue weighted by Gasteiger charge is 2.38. The molecule has 86 heavy (non-hydrogen) atoms. The standard InChI is InChI=1S/C84H74N2/c1-81(2,3)59-33-37-63(38-34-59)85(61-19-13-11-14-20-61)65-41-47-73-71-45-31-57(51-77(71)83(7,8)79(73)53-65)27-25-55-29-43-69-70-44-30-56(50-76(70)68-24-18-17-23-67(68)75(69)49-55)26-28-58-32-46-72-74-48-42-66(54-80(74)84(9,10)78(72)52-58)86(62-21-15-12-16-22-62)64-39-35-60(36-40-64)82(4,5)6/h11-54H,1-10H3/b27-25+,28-26+. The molecule has 0 bridgehead atoms. The molecule has 0 fully saturated rings. The van der Waals surface area contributed by atoms with Crippen LogP contribution < -0.4 is 9.80 Å². The van der Waals surface area contributed by atoms with Gasteiger partial charge in [0.05, 0.1) is 0 Å². The number of hydrogen-bond acceptors (Lipinski definition) is 2. The molecule has 2 aliphatic carbocycles. The van der Waals surface area contributed by atoms with Crippen molar-refractivity contribution in [3.63, 3.8) is 0 Å². The van der Waals surface area contributed by atoms with Crippen LogP contribution in [0.5, 0.6) is 0 Å². The second-order valence-electron chi connectivity index (χ2n) is 27.1. The number of anilines is 6. The van der Waals surface area contributed by atoms with E-state index in [1.54, 1.807) is 0 Å². The van der Waals surface area contributed by atoms with Gasteiger partial charge in [-0.1, -0.05) is 251 Å². The SMILES string of the molecule is CC(C)(C)c1ccc(N(c2ccccc2)c2ccc3c(c2)C(C)(C)c2cc(/C=C/c4ccc5c6ccc(/C=C/c7ccc8c(c7)C(C)(C)c7cc(N(c9ccccc9)c9ccc(C(C)(C)C)cc9)ccc7-8)cc6c6ccccc6c5c4)ccc2-3)cc1. The molecule has 2 aliphatic rings. The number of hydrogen-bond donors (Lipinski definition) is 0. The summed E-state index contributed by atoms with van der Waals surface area (Å²) in [4.78, 5) is 4.78. The summed E-state index contributed by atoms with van der Waals surface area (Å²) in [6.45, 7) is 23.2. The van der Waals surface area contributed by atoms with Gasteiger partial charge >= 0.3 is 0 Å². The van der Waals surface area contributed by atoms with E-state index in [0.717, 1.165) is 34.1 Å². The molecule has 0 spiro atoms. The van der Waals surface area contributed by atoms with Gasteiger partial charge in [-0.25, -0.2) is 0 Å². The molecule has 420 valence electrons. The summed E-state index contributed by atoms with van der Waals surface area (Å²) in [6.07, 6.45) is 9.15. The smallest absolute Gasteiger partial charge is 0.0465 e. The van der Waals surface area contributed by atoms with Crippen molar-refractivity contribution in [3.05, 3.63) is 298 Å². The van der Waals surface area contributed by atoms with E-state index in [1.807, 2.05) is 0 Å². The number of para-hydroxylation sites is 2. The van der Waals surface area contributed by atoms with Gasteiger partial charge in [0.25, 0.3) is 0 Å². The van der Waals surface area contributed by atoms with Crippen molar-refractivity contribution in [1.82, 2.24) is 0 Å². The van der Waals surface area contributed by atoms with Gasteiger partial charge in [0.1, 0.15) is 0 Å². The Hall–Kier alpha value is -9.50. The van der Waals surface area contributed by atoms with Crippen molar-refractivity contribution >= 4 is 90.7 Å². The Balaban J connectivity index is 0.723. The molecule has 0 amide bonds. The summed E-state index contributed by atoms with van der Waals surface area (Å²) < 4.78 is 0. The largest absolute Gasteiger partial charge is 0.310 e. The molecule has 2 heteroatoms. The predicted molar refractivity (Wildman–Crippen MR) is 372 cm³/mol. The maximum absolute atomic E-state index is 2.42. The fraction of sp³-hybridized carbons (Fsp3) is 0.167. The topological polar surface area (TPSA) is 6.48 Å². The fourth-order valence-electron chi connectivity index (χ4n) is 13.8. The molecule has 0 atom stereocenters. The van der Waals surface area contributed by atoms with Gasteiger partial charge in [-0.05, 0) is 206 Å². The van der Waals surface area contributed by atoms with Crippen LogP contribution in [-0.4, -0.2) is 0 Å². The first-order chi connectivity index (χ1) is 41.4. The van der Waals surface area contributed by atoms with E-state index in [4.69, 9.17) is 0 Å². The van der Waals surface area contributed by atoms with Crippen molar-refractivity contribution < 1.29 is 0 Å². The first kappa shape index (κ1) is 54.4. The minimum atomic E-state index is -0.188. The van der Waals surface area contributed by atoms with Gasteiger partial charge in [0.2, 0.25) is 0 Å². The van der Waals surface area contributed by atoms with Crippen LogP contribution in [-0.2, 0) is 21.7 Å². The summed E-state index contributed by atoms with van der Waals surface area (Å²) >= 11 is 0. The molecule has 0 aromatic heterocycles. The Kier molecular flexibility index (Phi) is 13.1. The summed E-state index contributed by atoms with van der Waals surface area (Å²) in [5.41, 5.74) is 24.8. The number of rotatable bonds is 10. The molecular formula is C84H74N2. The minimum absolute atomic E-state index is 0.0841. The summed E-state index contributed by atoms with van der Waals surface area (Å²) in [7, 11) is 0. The Morgan fingerprint density at radius 2 is 0.535 bits per heavy atom. The van der Waals surface area contributed by atoms with E-state index < -0.39 is 0 Å². The van der Waals surface area contributed by atoms with Gasteiger partial charge < -0.3 is 9.80 Å². The lowest BCUT2D eigenvalue weighted by molar-refractivity contribution is 0.590. The van der Waals surface area contributed by atoms with Crippen molar-refractivity contribution in [2.45, 2.75) is 90.9 Å². The molecule has 0 aliphatic heterocycles. The van der Waals surface area contributed by atoms with Crippen molar-refractivity contribution in [2.75, 3.05) is 9.80 Å². The highest BCUT2D eigenvalue weighted by Crippen LogP contribution is 2.53. The van der Waals surface area contributed by atoms with Gasteiger partial charge in [0, 0.05) is 45.0 Å². The highest BCUT2D eigenvalue weighted by atomic mass is 15.1. The van der Waals surface area contributed by atoms with Crippen molar-refractivity contribution in [1.29, 1.82) is 0 Å². The van der Waals surface area contributed by atoms with E-state index in [2.05, 4.69) is 346 Å². The molecule has 0 saturated carbocycles. The molecule has 14 rings (SSSR count). The molecule has 12 aromatic rings. The molecule has 0 saturated heterocycles. The Bertz CT molecular complexity index is 4360. The van der Waals surface area contributed by atoms with E-state index in [1.165, 1.54) is 110 Å². The van der Waals surface area contributed by atoms with Crippen LogP contribution in [0.4, 0.5) is 34.1 Å².